The number of hydrogen-bond donors (Lipinski definition) is 0. The Hall–Kier alpha value is -3.12. The van der Waals surface area contributed by atoms with Crippen LogP contribution in [0.5, 0.6) is 0 Å². The van der Waals surface area contributed by atoms with Crippen LogP contribution < -0.4 is 0 Å². The molecule has 5 aromatic rings. The van der Waals surface area contributed by atoms with Crippen molar-refractivity contribution in [3.63, 3.8) is 0 Å². The van der Waals surface area contributed by atoms with Gasteiger partial charge in [0.15, 0.2) is 0 Å². The van der Waals surface area contributed by atoms with E-state index in [1.807, 2.05) is 0 Å². The van der Waals surface area contributed by atoms with Crippen LogP contribution in [0.4, 0.5) is 0 Å². The first kappa shape index (κ1) is 17.0. The van der Waals surface area contributed by atoms with E-state index in [2.05, 4.69) is 112 Å². The molecule has 0 aliphatic rings. The first-order valence-electron chi connectivity index (χ1n) is 9.96. The molecular formula is C28H24. The zero-order valence-electron chi connectivity index (χ0n) is 16.7. The van der Waals surface area contributed by atoms with Crippen LogP contribution in [0.15, 0.2) is 91.0 Å². The van der Waals surface area contributed by atoms with Crippen LogP contribution in [-0.2, 0) is 5.41 Å². The summed E-state index contributed by atoms with van der Waals surface area (Å²) in [5.41, 5.74) is 4.13. The van der Waals surface area contributed by atoms with Crippen molar-refractivity contribution in [3.8, 4) is 11.1 Å². The molecule has 5 aromatic carbocycles. The molecule has 0 spiro atoms. The third-order valence-corrected chi connectivity index (χ3v) is 5.71. The van der Waals surface area contributed by atoms with E-state index in [0.717, 1.165) is 0 Å². The molecule has 0 amide bonds. The van der Waals surface area contributed by atoms with Gasteiger partial charge in [0.25, 0.3) is 0 Å². The summed E-state index contributed by atoms with van der Waals surface area (Å²) in [4.78, 5) is 0. The van der Waals surface area contributed by atoms with Crippen molar-refractivity contribution in [2.45, 2.75) is 26.2 Å². The van der Waals surface area contributed by atoms with Crippen molar-refractivity contribution in [2.75, 3.05) is 0 Å². The van der Waals surface area contributed by atoms with Crippen molar-refractivity contribution in [1.82, 2.24) is 0 Å². The van der Waals surface area contributed by atoms with E-state index in [1.54, 1.807) is 0 Å². The predicted molar refractivity (Wildman–Crippen MR) is 123 cm³/mol. The number of rotatable bonds is 1. The van der Waals surface area contributed by atoms with E-state index in [9.17, 15) is 0 Å². The minimum Gasteiger partial charge on any atom is -0.0622 e. The largest absolute Gasteiger partial charge is 0.0622 e. The normalized spacial score (nSPS) is 12.1. The Morgan fingerprint density at radius 2 is 1.07 bits per heavy atom. The molecule has 0 fully saturated rings. The van der Waals surface area contributed by atoms with Crippen molar-refractivity contribution < 1.29 is 0 Å². The van der Waals surface area contributed by atoms with Gasteiger partial charge in [0.05, 0.1) is 0 Å². The van der Waals surface area contributed by atoms with Gasteiger partial charge in [-0.05, 0) is 78.7 Å². The summed E-state index contributed by atoms with van der Waals surface area (Å²) >= 11 is 0. The third kappa shape index (κ3) is 2.77. The Morgan fingerprint density at radius 3 is 1.71 bits per heavy atom. The Morgan fingerprint density at radius 1 is 0.500 bits per heavy atom. The lowest BCUT2D eigenvalue weighted by Crippen LogP contribution is -2.13. The third-order valence-electron chi connectivity index (χ3n) is 5.71. The maximum Gasteiger partial charge on any atom is -0.00677 e. The van der Waals surface area contributed by atoms with Crippen LogP contribution in [-0.4, -0.2) is 0 Å². The smallest absolute Gasteiger partial charge is 0.00677 e. The average molecular weight is 361 g/mol. The Kier molecular flexibility index (Phi) is 3.77. The lowest BCUT2D eigenvalue weighted by molar-refractivity contribution is 0.593. The van der Waals surface area contributed by atoms with Crippen LogP contribution >= 0.6 is 0 Å². The average Bonchev–Trinajstić information content (AvgIpc) is 2.69. The van der Waals surface area contributed by atoms with E-state index >= 15 is 0 Å². The highest BCUT2D eigenvalue weighted by Gasteiger charge is 2.21. The molecule has 0 N–H and O–H groups in total. The summed E-state index contributed by atoms with van der Waals surface area (Å²) in [6.45, 7) is 6.90. The molecule has 0 nitrogen and oxygen atoms in total. The van der Waals surface area contributed by atoms with Crippen molar-refractivity contribution in [3.05, 3.63) is 96.6 Å². The van der Waals surface area contributed by atoms with Gasteiger partial charge in [0.2, 0.25) is 0 Å². The van der Waals surface area contributed by atoms with Crippen molar-refractivity contribution in [2.24, 2.45) is 0 Å². The van der Waals surface area contributed by atoms with Gasteiger partial charge in [-0.15, -0.1) is 0 Å². The highest BCUT2D eigenvalue weighted by molar-refractivity contribution is 6.09. The van der Waals surface area contributed by atoms with Gasteiger partial charge < -0.3 is 0 Å². The summed E-state index contributed by atoms with van der Waals surface area (Å²) in [7, 11) is 0. The van der Waals surface area contributed by atoms with Crippen molar-refractivity contribution >= 4 is 32.3 Å². The zero-order chi connectivity index (χ0) is 19.3. The van der Waals surface area contributed by atoms with Crippen LogP contribution in [0.1, 0.15) is 26.3 Å². The van der Waals surface area contributed by atoms with Crippen LogP contribution in [0.2, 0.25) is 0 Å². The van der Waals surface area contributed by atoms with Gasteiger partial charge in [-0.3, -0.25) is 0 Å². The number of hydrogen-bond acceptors (Lipinski definition) is 0. The molecule has 0 heterocycles. The summed E-state index contributed by atoms with van der Waals surface area (Å²) in [6, 6.07) is 33.4. The second-order valence-electron chi connectivity index (χ2n) is 8.72. The predicted octanol–water partition coefficient (Wildman–Crippen LogP) is 8.11. The fourth-order valence-corrected chi connectivity index (χ4v) is 4.31. The second-order valence-corrected chi connectivity index (χ2v) is 8.72. The molecule has 0 bridgehead atoms. The zero-order valence-corrected chi connectivity index (χ0v) is 16.7. The van der Waals surface area contributed by atoms with Gasteiger partial charge in [0.1, 0.15) is 0 Å². The van der Waals surface area contributed by atoms with Crippen molar-refractivity contribution in [1.29, 1.82) is 0 Å². The summed E-state index contributed by atoms with van der Waals surface area (Å²) < 4.78 is 0. The minimum atomic E-state index is 0.0811. The maximum atomic E-state index is 2.38. The topological polar surface area (TPSA) is 0 Å². The van der Waals surface area contributed by atoms with Crippen LogP contribution in [0.3, 0.4) is 0 Å². The molecular weight excluding hydrogens is 336 g/mol. The van der Waals surface area contributed by atoms with E-state index in [-0.39, 0.29) is 5.41 Å². The molecule has 0 heteroatoms. The summed E-state index contributed by atoms with van der Waals surface area (Å²) in [5, 5.41) is 7.82. The van der Waals surface area contributed by atoms with Crippen LogP contribution in [0.25, 0.3) is 43.4 Å². The first-order valence-corrected chi connectivity index (χ1v) is 9.96. The molecule has 5 rings (SSSR count). The van der Waals surface area contributed by atoms with Gasteiger partial charge in [-0.25, -0.2) is 0 Å². The molecule has 136 valence electrons. The molecule has 0 aliphatic heterocycles. The molecule has 0 saturated carbocycles. The Bertz CT molecular complexity index is 1320. The second kappa shape index (κ2) is 6.21. The van der Waals surface area contributed by atoms with E-state index in [4.69, 9.17) is 0 Å². The standard InChI is InChI=1S/C28H24/c1-28(2,3)26-14-13-22-17-23-15-20-11-7-8-12-21(20)16-24(23)18-25(22)27(26)19-9-5-4-6-10-19/h4-18H,1-3H3. The Labute approximate surface area is 166 Å². The number of fused-ring (bicyclic) bond motifs is 3. The molecule has 0 aliphatic carbocycles. The monoisotopic (exact) mass is 360 g/mol. The van der Waals surface area contributed by atoms with Crippen LogP contribution in [0, 0.1) is 0 Å². The Balaban J connectivity index is 1.91. The molecule has 28 heavy (non-hydrogen) atoms. The molecule has 0 radical (unpaired) electrons. The first-order chi connectivity index (χ1) is 13.5. The molecule has 0 atom stereocenters. The number of benzene rings is 5. The van der Waals surface area contributed by atoms with Gasteiger partial charge in [-0.2, -0.15) is 0 Å². The summed E-state index contributed by atoms with van der Waals surface area (Å²) in [6.07, 6.45) is 0. The van der Waals surface area contributed by atoms with Gasteiger partial charge >= 0.3 is 0 Å². The minimum absolute atomic E-state index is 0.0811. The van der Waals surface area contributed by atoms with E-state index in [0.29, 0.717) is 0 Å². The molecule has 0 unspecified atom stereocenters. The quantitative estimate of drug-likeness (QED) is 0.265. The fraction of sp³-hybridized carbons (Fsp3) is 0.143. The lowest BCUT2D eigenvalue weighted by atomic mass is 9.79. The van der Waals surface area contributed by atoms with E-state index in [1.165, 1.54) is 49.0 Å². The van der Waals surface area contributed by atoms with Gasteiger partial charge in [-0.1, -0.05) is 87.5 Å². The fourth-order valence-electron chi connectivity index (χ4n) is 4.31. The molecule has 0 saturated heterocycles. The summed E-state index contributed by atoms with van der Waals surface area (Å²) in [5.74, 6) is 0. The van der Waals surface area contributed by atoms with Gasteiger partial charge in [0, 0.05) is 0 Å². The lowest BCUT2D eigenvalue weighted by Gasteiger charge is -2.25. The highest BCUT2D eigenvalue weighted by atomic mass is 14.2. The SMILES string of the molecule is CC(C)(C)c1ccc2cc3cc4ccccc4cc3cc2c1-c1ccccc1. The highest BCUT2D eigenvalue weighted by Crippen LogP contribution is 2.40. The maximum absolute atomic E-state index is 2.38. The van der Waals surface area contributed by atoms with E-state index < -0.39 is 0 Å². The molecule has 0 aromatic heterocycles.